The van der Waals surface area contributed by atoms with Crippen LogP contribution in [0.3, 0.4) is 0 Å². The zero-order valence-electron chi connectivity index (χ0n) is 41.2. The highest BCUT2D eigenvalue weighted by molar-refractivity contribution is 5.97. The number of benzene rings is 2. The van der Waals surface area contributed by atoms with Gasteiger partial charge in [-0.3, -0.25) is 33.6 Å². The van der Waals surface area contributed by atoms with Crippen LogP contribution in [0, 0.1) is 5.92 Å². The van der Waals surface area contributed by atoms with Gasteiger partial charge in [-0.05, 0) is 68.7 Å². The van der Waals surface area contributed by atoms with E-state index in [2.05, 4.69) is 38.5 Å². The minimum Gasteiger partial charge on any atom is -0.449 e. The van der Waals surface area contributed by atoms with Crippen molar-refractivity contribution in [2.75, 3.05) is 26.2 Å². The van der Waals surface area contributed by atoms with Crippen molar-refractivity contribution in [3.63, 3.8) is 0 Å². The minimum atomic E-state index is -1.45. The van der Waals surface area contributed by atoms with Gasteiger partial charge in [-0.25, -0.2) is 9.59 Å². The molecule has 0 spiro atoms. The second kappa shape index (κ2) is 24.9. The van der Waals surface area contributed by atoms with Crippen molar-refractivity contribution in [2.45, 2.75) is 135 Å². The van der Waals surface area contributed by atoms with E-state index in [1.165, 1.54) is 6.92 Å². The third-order valence-electron chi connectivity index (χ3n) is 11.7. The Balaban J connectivity index is 1.28. The van der Waals surface area contributed by atoms with E-state index in [4.69, 9.17) is 15.6 Å². The number of nitrogens with one attached hydrogen (secondary N) is 6. The number of esters is 1. The number of hydrogen-bond donors (Lipinski definition) is 6. The summed E-state index contributed by atoms with van der Waals surface area (Å²) in [5, 5.41) is 15.2. The Morgan fingerprint density at radius 1 is 0.779 bits per heavy atom. The Kier molecular flexibility index (Phi) is 19.2. The van der Waals surface area contributed by atoms with Crippen LogP contribution in [0.2, 0.25) is 0 Å². The summed E-state index contributed by atoms with van der Waals surface area (Å²) in [4.78, 5) is 120. The van der Waals surface area contributed by atoms with Crippen LogP contribution < -0.4 is 31.9 Å². The number of nitrogens with zero attached hydrogens (tertiary/aromatic N) is 1. The largest absolute Gasteiger partial charge is 0.449 e. The summed E-state index contributed by atoms with van der Waals surface area (Å²) >= 11 is 0. The molecule has 7 atom stereocenters. The van der Waals surface area contributed by atoms with E-state index in [9.17, 15) is 43.2 Å². The highest BCUT2D eigenvalue weighted by Crippen LogP contribution is 2.44. The summed E-state index contributed by atoms with van der Waals surface area (Å²) in [7, 11) is 0. The maximum Gasteiger partial charge on any atom is 0.407 e. The van der Waals surface area contributed by atoms with Crippen molar-refractivity contribution in [2.24, 2.45) is 5.92 Å². The third kappa shape index (κ3) is 14.9. The summed E-state index contributed by atoms with van der Waals surface area (Å²) in [5.74, 6) is -6.43. The van der Waals surface area contributed by atoms with Crippen LogP contribution in [0.1, 0.15) is 106 Å². The number of carbonyl (C=O) groups is 9. The molecule has 0 saturated carbocycles. The van der Waals surface area contributed by atoms with Gasteiger partial charge in [0.1, 0.15) is 44.0 Å². The highest BCUT2D eigenvalue weighted by Gasteiger charge is 2.45. The van der Waals surface area contributed by atoms with Gasteiger partial charge in [-0.2, -0.15) is 0 Å². The van der Waals surface area contributed by atoms with Gasteiger partial charge in [-0.1, -0.05) is 89.2 Å². The van der Waals surface area contributed by atoms with E-state index in [1.54, 1.807) is 48.5 Å². The average Bonchev–Trinajstić information content (AvgIpc) is 3.86. The molecule has 1 aliphatic carbocycles. The van der Waals surface area contributed by atoms with E-state index < -0.39 is 127 Å². The minimum absolute atomic E-state index is 0.0258. The first-order chi connectivity index (χ1) is 32.6. The molecule has 2 aromatic rings. The van der Waals surface area contributed by atoms with Gasteiger partial charge in [0.25, 0.3) is 0 Å². The van der Waals surface area contributed by atoms with Crippen molar-refractivity contribution in [3.05, 3.63) is 72.5 Å². The molecule has 4 rings (SSSR count). The van der Waals surface area contributed by atoms with Gasteiger partial charge in [-0.15, -0.1) is 0 Å². The van der Waals surface area contributed by atoms with Crippen LogP contribution in [0.25, 0.3) is 11.1 Å². The van der Waals surface area contributed by atoms with E-state index in [0.29, 0.717) is 6.42 Å². The summed E-state index contributed by atoms with van der Waals surface area (Å²) < 4.78 is 24.0. The SMILES string of the molecule is [3H]C(=C)OC(=O)[C@@H]1C[C@@H](OC(C)(C)C)CN1C(=O)[C@H](CC(C)=O)NC(=O)[C@H](CC)NC(=O)CNC(=O)[C@@H](NC(=O)CNC(=O)[C@H](CC)NC(=O)OCC1c2ccccc2-c2ccccc21)[C@@H](C)CC. The van der Waals surface area contributed by atoms with E-state index in [0.717, 1.165) is 27.2 Å². The number of fused-ring (bicyclic) bond motifs is 3. The number of carbonyl (C=O) groups excluding carboxylic acids is 9. The van der Waals surface area contributed by atoms with Crippen LogP contribution >= 0.6 is 0 Å². The van der Waals surface area contributed by atoms with Gasteiger partial charge >= 0.3 is 12.1 Å². The molecule has 0 radical (unpaired) electrons. The first kappa shape index (κ1) is 52.3. The first-order valence-corrected chi connectivity index (χ1v) is 23.0. The van der Waals surface area contributed by atoms with E-state index in [1.807, 2.05) is 48.5 Å². The maximum atomic E-state index is 14.0. The summed E-state index contributed by atoms with van der Waals surface area (Å²) in [6, 6.07) is 9.74. The molecule has 2 aliphatic rings. The molecular formula is C49H67N7O12. The Hall–Kier alpha value is -6.63. The molecule has 19 heteroatoms. The quantitative estimate of drug-likeness (QED) is 0.0695. The number of alkyl carbamates (subject to hydrolysis) is 1. The first-order valence-electron chi connectivity index (χ1n) is 23.5. The van der Waals surface area contributed by atoms with Gasteiger partial charge in [0, 0.05) is 25.3 Å². The van der Waals surface area contributed by atoms with Crippen molar-refractivity contribution in [1.82, 2.24) is 36.8 Å². The standard InChI is InChI=1S/C49H67N7O12/c1-10-28(5)42(55-41(59)25-50-43(60)36(11-2)54-48(65)67-27-35-33-20-16-14-18-31(33)32-19-15-17-21-34(32)35)45(62)51-24-40(58)52-37(12-3)44(61)53-38(22-29(6)57)46(63)56-26-30(68-49(7,8)9)23-39(56)47(64)66-13-4/h13-21,28,30,35-39,42H,4,10-12,22-27H2,1-3,5-9H3,(H,50,60)(H,51,62)(H,52,58)(H,53,61)(H,54,65)(H,55,59)/t28-,30+,36-,37-,38-,39-,42-/m0/s1/i13T. The van der Waals surface area contributed by atoms with Gasteiger partial charge < -0.3 is 51.0 Å². The lowest BCUT2D eigenvalue weighted by molar-refractivity contribution is -0.150. The van der Waals surface area contributed by atoms with Crippen LogP contribution in [-0.2, 0) is 52.6 Å². The fraction of sp³-hybridized carbons (Fsp3) is 0.531. The average molecular weight is 948 g/mol. The van der Waals surface area contributed by atoms with Crippen LogP contribution in [0.5, 0.6) is 0 Å². The van der Waals surface area contributed by atoms with Gasteiger partial charge in [0.2, 0.25) is 35.4 Å². The fourth-order valence-electron chi connectivity index (χ4n) is 8.18. The lowest BCUT2D eigenvalue weighted by atomic mass is 9.98. The zero-order valence-corrected chi connectivity index (χ0v) is 40.2. The predicted molar refractivity (Wildman–Crippen MR) is 250 cm³/mol. The zero-order chi connectivity index (χ0) is 51.2. The Bertz CT molecular complexity index is 2200. The lowest BCUT2D eigenvalue weighted by Gasteiger charge is -2.29. The van der Waals surface area contributed by atoms with Gasteiger partial charge in [0.05, 0.1) is 31.0 Å². The number of ether oxygens (including phenoxy) is 3. The van der Waals surface area contributed by atoms with Crippen molar-refractivity contribution in [3.8, 4) is 11.1 Å². The molecule has 68 heavy (non-hydrogen) atoms. The summed E-state index contributed by atoms with van der Waals surface area (Å²) in [6.45, 7) is 15.5. The van der Waals surface area contributed by atoms with Gasteiger partial charge in [0.15, 0.2) is 0 Å². The lowest BCUT2D eigenvalue weighted by Crippen LogP contribution is -2.57. The molecule has 0 aromatic heterocycles. The molecule has 7 amide bonds. The van der Waals surface area contributed by atoms with E-state index in [-0.39, 0.29) is 38.3 Å². The topological polar surface area (TPSA) is 257 Å². The Labute approximate surface area is 399 Å². The third-order valence-corrected chi connectivity index (χ3v) is 11.7. The number of likely N-dealkylation sites (tertiary alicyclic amines) is 1. The number of amides is 7. The monoisotopic (exact) mass is 947 g/mol. The molecule has 1 aliphatic heterocycles. The summed E-state index contributed by atoms with van der Waals surface area (Å²) in [5.41, 5.74) is 3.56. The normalized spacial score (nSPS) is 17.6. The molecule has 6 N–H and O–H groups in total. The van der Waals surface area contributed by atoms with Crippen LogP contribution in [0.15, 0.2) is 61.3 Å². The second-order valence-corrected chi connectivity index (χ2v) is 18.0. The van der Waals surface area contributed by atoms with Crippen molar-refractivity contribution in [1.29, 1.82) is 0 Å². The highest BCUT2D eigenvalue weighted by atomic mass is 16.5. The number of ketones is 1. The van der Waals surface area contributed by atoms with Crippen molar-refractivity contribution < 1.29 is 58.7 Å². The molecule has 1 saturated heterocycles. The molecule has 370 valence electrons. The Morgan fingerprint density at radius 3 is 1.88 bits per heavy atom. The molecule has 0 bridgehead atoms. The van der Waals surface area contributed by atoms with Crippen molar-refractivity contribution >= 4 is 53.3 Å². The maximum absolute atomic E-state index is 14.0. The Morgan fingerprint density at radius 2 is 1.34 bits per heavy atom. The molecule has 2 aromatic carbocycles. The van der Waals surface area contributed by atoms with Crippen LogP contribution in [-0.4, -0.2) is 126 Å². The smallest absolute Gasteiger partial charge is 0.407 e. The van der Waals surface area contributed by atoms with E-state index >= 15 is 0 Å². The second-order valence-electron chi connectivity index (χ2n) is 18.0. The molecule has 1 fully saturated rings. The molecule has 19 nitrogen and oxygen atoms in total. The molecular weight excluding hydrogens is 879 g/mol. The molecule has 0 unspecified atom stereocenters. The van der Waals surface area contributed by atoms with Crippen LogP contribution in [0.4, 0.5) is 4.79 Å². The number of rotatable bonds is 23. The number of Topliss-reactive ketones (excluding diaryl/α,β-unsaturated/α-hetero) is 1. The fourth-order valence-corrected chi connectivity index (χ4v) is 8.18. The molecule has 1 heterocycles. The predicted octanol–water partition coefficient (Wildman–Crippen LogP) is 2.90. The summed E-state index contributed by atoms with van der Waals surface area (Å²) in [6.07, 6.45) is -1.80. The number of hydrogen-bond acceptors (Lipinski definition) is 12.